The summed E-state index contributed by atoms with van der Waals surface area (Å²) in [6, 6.07) is 16.0. The van der Waals surface area contributed by atoms with Gasteiger partial charge in [-0.2, -0.15) is 5.10 Å². The van der Waals surface area contributed by atoms with Gasteiger partial charge in [-0.15, -0.1) is 0 Å². The lowest BCUT2D eigenvalue weighted by molar-refractivity contribution is 0.0985. The van der Waals surface area contributed by atoms with Crippen molar-refractivity contribution in [1.29, 1.82) is 0 Å². The Labute approximate surface area is 181 Å². The Morgan fingerprint density at radius 1 is 1.06 bits per heavy atom. The minimum atomic E-state index is -0.564. The summed E-state index contributed by atoms with van der Waals surface area (Å²) in [5.74, 6) is 0.968. The van der Waals surface area contributed by atoms with Crippen LogP contribution in [0, 0.1) is 0 Å². The highest BCUT2D eigenvalue weighted by molar-refractivity contribution is 5.95. The summed E-state index contributed by atoms with van der Waals surface area (Å²) in [6.45, 7) is 0.218. The SMILES string of the molecule is COCn1nc(C(N)=O)c2c1CC(c1cccc(OC)c1)(c1cccc(OC)c1)C=C2. The average molecular weight is 419 g/mol. The van der Waals surface area contributed by atoms with Crippen LogP contribution < -0.4 is 15.2 Å². The van der Waals surface area contributed by atoms with Gasteiger partial charge in [0, 0.05) is 24.5 Å². The second-order valence-corrected chi connectivity index (χ2v) is 7.44. The Balaban J connectivity index is 1.95. The maximum Gasteiger partial charge on any atom is 0.269 e. The molecule has 0 saturated heterocycles. The second-order valence-electron chi connectivity index (χ2n) is 7.44. The Hall–Kier alpha value is -3.58. The van der Waals surface area contributed by atoms with E-state index in [0.717, 1.165) is 33.9 Å². The van der Waals surface area contributed by atoms with E-state index in [1.165, 1.54) is 0 Å². The number of hydrogen-bond donors (Lipinski definition) is 1. The van der Waals surface area contributed by atoms with Gasteiger partial charge in [0.15, 0.2) is 5.69 Å². The van der Waals surface area contributed by atoms with E-state index in [2.05, 4.69) is 23.3 Å². The molecule has 0 aliphatic heterocycles. The van der Waals surface area contributed by atoms with Gasteiger partial charge in [0.1, 0.15) is 18.2 Å². The van der Waals surface area contributed by atoms with E-state index in [0.29, 0.717) is 6.42 Å². The van der Waals surface area contributed by atoms with Crippen molar-refractivity contribution in [3.8, 4) is 11.5 Å². The number of carbonyl (C=O) groups is 1. The van der Waals surface area contributed by atoms with Gasteiger partial charge in [-0.3, -0.25) is 4.79 Å². The molecule has 0 fully saturated rings. The number of ether oxygens (including phenoxy) is 3. The number of primary amides is 1. The third-order valence-electron chi connectivity index (χ3n) is 5.73. The zero-order valence-corrected chi connectivity index (χ0v) is 17.8. The van der Waals surface area contributed by atoms with Crippen LogP contribution >= 0.6 is 0 Å². The van der Waals surface area contributed by atoms with Crippen LogP contribution in [-0.2, 0) is 23.3 Å². The predicted octanol–water partition coefficient (Wildman–Crippen LogP) is 3.16. The van der Waals surface area contributed by atoms with Gasteiger partial charge in [-0.25, -0.2) is 4.68 Å². The summed E-state index contributed by atoms with van der Waals surface area (Å²) in [7, 11) is 4.89. The van der Waals surface area contributed by atoms with E-state index in [9.17, 15) is 4.79 Å². The van der Waals surface area contributed by atoms with Gasteiger partial charge in [-0.05, 0) is 35.4 Å². The number of benzene rings is 2. The summed E-state index contributed by atoms with van der Waals surface area (Å²) < 4.78 is 18.0. The van der Waals surface area contributed by atoms with Crippen molar-refractivity contribution in [3.05, 3.63) is 82.7 Å². The lowest BCUT2D eigenvalue weighted by atomic mass is 9.68. The molecule has 2 aromatic carbocycles. The monoisotopic (exact) mass is 419 g/mol. The number of carbonyl (C=O) groups excluding carboxylic acids is 1. The number of fused-ring (bicyclic) bond motifs is 1. The number of methoxy groups -OCH3 is 3. The number of allylic oxidation sites excluding steroid dienone is 1. The van der Waals surface area contributed by atoms with Crippen LogP contribution in [0.5, 0.6) is 11.5 Å². The predicted molar refractivity (Wildman–Crippen MR) is 117 cm³/mol. The topological polar surface area (TPSA) is 88.6 Å². The summed E-state index contributed by atoms with van der Waals surface area (Å²) in [4.78, 5) is 12.0. The zero-order chi connectivity index (χ0) is 22.0. The molecule has 1 aromatic heterocycles. The molecule has 160 valence electrons. The maximum absolute atomic E-state index is 12.0. The van der Waals surface area contributed by atoms with Gasteiger partial charge in [0.25, 0.3) is 5.91 Å². The van der Waals surface area contributed by atoms with E-state index in [1.54, 1.807) is 26.0 Å². The van der Waals surface area contributed by atoms with Crippen LogP contribution in [0.2, 0.25) is 0 Å². The Kier molecular flexibility index (Phi) is 5.52. The first-order valence-corrected chi connectivity index (χ1v) is 9.89. The molecule has 1 heterocycles. The second kappa shape index (κ2) is 8.28. The molecular formula is C24H25N3O4. The highest BCUT2D eigenvalue weighted by Crippen LogP contribution is 2.44. The molecule has 0 bridgehead atoms. The van der Waals surface area contributed by atoms with Crippen LogP contribution in [0.3, 0.4) is 0 Å². The quantitative estimate of drug-likeness (QED) is 0.636. The standard InChI is InChI=1S/C24H25N3O4/c1-29-15-27-21-14-24(16-6-4-8-18(12-16)30-2,17-7-5-9-19(13-17)31-3)11-10-20(21)22(26-27)23(25)28/h4-13H,14-15H2,1-3H3,(H2,25,28). The number of rotatable bonds is 7. The largest absolute Gasteiger partial charge is 0.497 e. The van der Waals surface area contributed by atoms with E-state index in [4.69, 9.17) is 19.9 Å². The number of nitrogens with zero attached hydrogens (tertiary/aromatic N) is 2. The van der Waals surface area contributed by atoms with Gasteiger partial charge >= 0.3 is 0 Å². The Bertz CT molecular complexity index is 1100. The first-order chi connectivity index (χ1) is 15.0. The fraction of sp³-hybridized carbons (Fsp3) is 0.250. The van der Waals surface area contributed by atoms with Crippen molar-refractivity contribution in [2.24, 2.45) is 5.73 Å². The fourth-order valence-electron chi connectivity index (χ4n) is 4.20. The molecule has 0 radical (unpaired) electrons. The van der Waals surface area contributed by atoms with Gasteiger partial charge in [-0.1, -0.05) is 36.4 Å². The van der Waals surface area contributed by atoms with Gasteiger partial charge in [0.05, 0.1) is 19.9 Å². The number of nitrogens with two attached hydrogens (primary N) is 1. The van der Waals surface area contributed by atoms with Crippen LogP contribution in [0.25, 0.3) is 6.08 Å². The molecule has 0 atom stereocenters. The minimum absolute atomic E-state index is 0.218. The average Bonchev–Trinajstić information content (AvgIpc) is 3.17. The number of hydrogen-bond acceptors (Lipinski definition) is 5. The summed E-state index contributed by atoms with van der Waals surface area (Å²) >= 11 is 0. The molecule has 1 aliphatic carbocycles. The molecule has 0 unspecified atom stereocenters. The smallest absolute Gasteiger partial charge is 0.269 e. The summed E-state index contributed by atoms with van der Waals surface area (Å²) in [5, 5.41) is 4.42. The van der Waals surface area contributed by atoms with Crippen LogP contribution in [0.15, 0.2) is 54.6 Å². The van der Waals surface area contributed by atoms with Crippen LogP contribution in [0.1, 0.15) is 32.9 Å². The van der Waals surface area contributed by atoms with Crippen molar-refractivity contribution in [2.75, 3.05) is 21.3 Å². The van der Waals surface area contributed by atoms with E-state index < -0.39 is 11.3 Å². The van der Waals surface area contributed by atoms with Crippen molar-refractivity contribution < 1.29 is 19.0 Å². The third-order valence-corrected chi connectivity index (χ3v) is 5.73. The molecule has 7 nitrogen and oxygen atoms in total. The maximum atomic E-state index is 12.0. The first kappa shape index (κ1) is 20.7. The fourth-order valence-corrected chi connectivity index (χ4v) is 4.20. The lowest BCUT2D eigenvalue weighted by Crippen LogP contribution is -2.32. The molecule has 31 heavy (non-hydrogen) atoms. The van der Waals surface area contributed by atoms with Crippen molar-refractivity contribution in [3.63, 3.8) is 0 Å². The molecule has 3 aromatic rings. The molecule has 1 aliphatic rings. The Morgan fingerprint density at radius 3 is 2.19 bits per heavy atom. The third kappa shape index (κ3) is 3.57. The van der Waals surface area contributed by atoms with Crippen molar-refractivity contribution in [2.45, 2.75) is 18.6 Å². The highest BCUT2D eigenvalue weighted by atomic mass is 16.5. The molecule has 0 saturated carbocycles. The molecule has 4 rings (SSSR count). The van der Waals surface area contributed by atoms with Crippen LogP contribution in [-0.4, -0.2) is 37.0 Å². The van der Waals surface area contributed by atoms with Crippen LogP contribution in [0.4, 0.5) is 0 Å². The molecular weight excluding hydrogens is 394 g/mol. The normalized spacial score (nSPS) is 14.2. The Morgan fingerprint density at radius 2 is 1.68 bits per heavy atom. The minimum Gasteiger partial charge on any atom is -0.497 e. The van der Waals surface area contributed by atoms with E-state index in [1.807, 2.05) is 42.5 Å². The summed E-state index contributed by atoms with van der Waals surface area (Å²) in [6.07, 6.45) is 4.59. The van der Waals surface area contributed by atoms with Crippen molar-refractivity contribution >= 4 is 12.0 Å². The van der Waals surface area contributed by atoms with Gasteiger partial charge in [0.2, 0.25) is 0 Å². The molecule has 0 spiro atoms. The number of aromatic nitrogens is 2. The molecule has 2 N–H and O–H groups in total. The zero-order valence-electron chi connectivity index (χ0n) is 17.8. The van der Waals surface area contributed by atoms with Crippen molar-refractivity contribution in [1.82, 2.24) is 9.78 Å². The van der Waals surface area contributed by atoms with Gasteiger partial charge < -0.3 is 19.9 Å². The first-order valence-electron chi connectivity index (χ1n) is 9.89. The number of amides is 1. The lowest BCUT2D eigenvalue weighted by Gasteiger charge is -2.35. The summed E-state index contributed by atoms with van der Waals surface area (Å²) in [5.41, 5.74) is 9.01. The molecule has 1 amide bonds. The van der Waals surface area contributed by atoms with E-state index in [-0.39, 0.29) is 12.4 Å². The van der Waals surface area contributed by atoms with E-state index >= 15 is 0 Å². The molecule has 7 heteroatoms. The highest BCUT2D eigenvalue weighted by Gasteiger charge is 2.38.